The molecule has 4 aromatic rings. The molecule has 4 N–H and O–H groups in total. The summed E-state index contributed by atoms with van der Waals surface area (Å²) in [7, 11) is 0. The van der Waals surface area contributed by atoms with Crippen LogP contribution in [0.25, 0.3) is 11.2 Å². The molecule has 0 radical (unpaired) electrons. The Balaban J connectivity index is 1.48. The summed E-state index contributed by atoms with van der Waals surface area (Å²) in [6.45, 7) is 0.463. The molecule has 1 aliphatic rings. The molecule has 1 aliphatic carbocycles. The highest BCUT2D eigenvalue weighted by Gasteiger charge is 2.28. The molecule has 0 spiro atoms. The second kappa shape index (κ2) is 6.57. The van der Waals surface area contributed by atoms with Crippen molar-refractivity contribution in [3.8, 4) is 0 Å². The fraction of sp³-hybridized carbons (Fsp3) is 0.278. The average Bonchev–Trinajstić information content (AvgIpc) is 3.41. The summed E-state index contributed by atoms with van der Waals surface area (Å²) in [5.74, 6) is 0.436. The van der Waals surface area contributed by atoms with Gasteiger partial charge in [-0.15, -0.1) is 5.10 Å². The quantitative estimate of drug-likeness (QED) is 0.443. The minimum Gasteiger partial charge on any atom is -0.398 e. The number of nitrogens with two attached hydrogens (primary N) is 1. The molecule has 3 aromatic heterocycles. The normalized spacial score (nSPS) is 15.8. The lowest BCUT2D eigenvalue weighted by Gasteiger charge is -2.12. The molecule has 0 saturated heterocycles. The zero-order valence-corrected chi connectivity index (χ0v) is 15.0. The Hall–Kier alpha value is -3.53. The average molecular weight is 377 g/mol. The van der Waals surface area contributed by atoms with Crippen molar-refractivity contribution in [1.29, 1.82) is 0 Å². The van der Waals surface area contributed by atoms with E-state index in [9.17, 15) is 0 Å². The number of anilines is 3. The lowest BCUT2D eigenvalue weighted by atomic mass is 10.1. The second-order valence-corrected chi connectivity index (χ2v) is 6.75. The Kier molecular flexibility index (Phi) is 3.90. The summed E-state index contributed by atoms with van der Waals surface area (Å²) >= 11 is 0. The van der Waals surface area contributed by atoms with Gasteiger partial charge in [-0.3, -0.25) is 4.68 Å². The van der Waals surface area contributed by atoms with Crippen LogP contribution in [0.5, 0.6) is 0 Å². The predicted octanol–water partition coefficient (Wildman–Crippen LogP) is 1.27. The first-order valence-electron chi connectivity index (χ1n) is 9.08. The lowest BCUT2D eigenvalue weighted by molar-refractivity contribution is 0.269. The molecule has 1 aromatic carbocycles. The van der Waals surface area contributed by atoms with E-state index in [1.165, 1.54) is 11.1 Å². The van der Waals surface area contributed by atoms with Gasteiger partial charge in [0.15, 0.2) is 11.2 Å². The van der Waals surface area contributed by atoms with Crippen LogP contribution in [0.3, 0.4) is 0 Å². The lowest BCUT2D eigenvalue weighted by Crippen LogP contribution is -2.10. The molecule has 142 valence electrons. The fourth-order valence-electron chi connectivity index (χ4n) is 3.71. The van der Waals surface area contributed by atoms with Gasteiger partial charge in [-0.05, 0) is 30.0 Å². The predicted molar refractivity (Wildman–Crippen MR) is 103 cm³/mol. The van der Waals surface area contributed by atoms with Gasteiger partial charge in [0.05, 0.1) is 37.3 Å². The molecule has 3 heterocycles. The molecule has 10 heteroatoms. The largest absolute Gasteiger partial charge is 0.398 e. The Morgan fingerprint density at radius 1 is 1.29 bits per heavy atom. The summed E-state index contributed by atoms with van der Waals surface area (Å²) in [5, 5.41) is 24.9. The molecule has 1 atom stereocenters. The van der Waals surface area contributed by atoms with Gasteiger partial charge in [-0.2, -0.15) is 10.1 Å². The molecule has 28 heavy (non-hydrogen) atoms. The van der Waals surface area contributed by atoms with Gasteiger partial charge in [0.2, 0.25) is 5.95 Å². The number of hydrogen-bond donors (Lipinski definition) is 3. The Bertz CT molecular complexity index is 1150. The second-order valence-electron chi connectivity index (χ2n) is 6.75. The minimum atomic E-state index is 0.0296. The van der Waals surface area contributed by atoms with Crippen molar-refractivity contribution in [2.45, 2.75) is 25.4 Å². The first-order valence-corrected chi connectivity index (χ1v) is 9.08. The number of nitrogens with one attached hydrogen (secondary N) is 1. The van der Waals surface area contributed by atoms with Crippen molar-refractivity contribution in [2.75, 3.05) is 17.7 Å². The minimum absolute atomic E-state index is 0.0296. The van der Waals surface area contributed by atoms with Gasteiger partial charge in [0, 0.05) is 11.9 Å². The van der Waals surface area contributed by atoms with Crippen molar-refractivity contribution in [2.24, 2.45) is 0 Å². The Labute approximate surface area is 160 Å². The summed E-state index contributed by atoms with van der Waals surface area (Å²) < 4.78 is 3.50. The highest BCUT2D eigenvalue weighted by atomic mass is 16.3. The molecule has 0 aliphatic heterocycles. The number of aromatic nitrogens is 7. The van der Waals surface area contributed by atoms with Gasteiger partial charge < -0.3 is 16.2 Å². The third kappa shape index (κ3) is 2.74. The van der Waals surface area contributed by atoms with E-state index < -0.39 is 0 Å². The van der Waals surface area contributed by atoms with Crippen LogP contribution in [-0.4, -0.2) is 46.5 Å². The van der Waals surface area contributed by atoms with Gasteiger partial charge >= 0.3 is 0 Å². The molecule has 0 fully saturated rings. The van der Waals surface area contributed by atoms with E-state index in [2.05, 4.69) is 36.8 Å². The van der Waals surface area contributed by atoms with Gasteiger partial charge in [-0.1, -0.05) is 17.3 Å². The third-order valence-electron chi connectivity index (χ3n) is 5.00. The zero-order valence-electron chi connectivity index (χ0n) is 15.0. The maximum Gasteiger partial charge on any atom is 0.229 e. The monoisotopic (exact) mass is 377 g/mol. The number of hydrogen-bond acceptors (Lipinski definition) is 8. The molecular formula is C18H19N9O. The third-order valence-corrected chi connectivity index (χ3v) is 5.00. The van der Waals surface area contributed by atoms with E-state index in [1.807, 2.05) is 16.8 Å². The summed E-state index contributed by atoms with van der Waals surface area (Å²) in [5.41, 5.74) is 11.3. The smallest absolute Gasteiger partial charge is 0.229 e. The van der Waals surface area contributed by atoms with E-state index in [4.69, 9.17) is 10.8 Å². The van der Waals surface area contributed by atoms with E-state index >= 15 is 0 Å². The van der Waals surface area contributed by atoms with Crippen molar-refractivity contribution >= 4 is 28.5 Å². The maximum atomic E-state index is 9.00. The summed E-state index contributed by atoms with van der Waals surface area (Å²) in [4.78, 5) is 8.94. The number of aliphatic hydroxyl groups is 1. The first-order chi connectivity index (χ1) is 13.7. The van der Waals surface area contributed by atoms with Crippen molar-refractivity contribution in [3.05, 3.63) is 47.9 Å². The summed E-state index contributed by atoms with van der Waals surface area (Å²) in [6.07, 6.45) is 6.92. The SMILES string of the molecule is Nc1cccc2c1CC[C@@H]2n1nnc2cnc(Nc3cnn(CCO)c3)nc21. The number of nitrogens with zero attached hydrogens (tertiary/aromatic N) is 7. The number of benzene rings is 1. The molecule has 0 bridgehead atoms. The van der Waals surface area contributed by atoms with Gasteiger partial charge in [0.1, 0.15) is 0 Å². The van der Waals surface area contributed by atoms with E-state index in [0.29, 0.717) is 23.7 Å². The fourth-order valence-corrected chi connectivity index (χ4v) is 3.71. The topological polar surface area (TPSA) is 133 Å². The van der Waals surface area contributed by atoms with Crippen molar-refractivity contribution in [1.82, 2.24) is 34.7 Å². The standard InChI is InChI=1S/C18H19N9O/c19-14-3-1-2-13-12(14)4-5-16(13)27-17-15(24-25-27)9-20-18(23-17)22-11-8-21-26(10-11)6-7-28/h1-3,8-10,16,28H,4-7,19H2,(H,20,22,23)/t16-/m0/s1. The van der Waals surface area contributed by atoms with E-state index in [-0.39, 0.29) is 12.6 Å². The Morgan fingerprint density at radius 3 is 3.11 bits per heavy atom. The molecule has 0 saturated carbocycles. The van der Waals surface area contributed by atoms with Crippen LogP contribution in [0.4, 0.5) is 17.3 Å². The highest BCUT2D eigenvalue weighted by molar-refractivity contribution is 5.71. The van der Waals surface area contributed by atoms with E-state index in [0.717, 1.165) is 24.2 Å². The molecule has 0 amide bonds. The van der Waals surface area contributed by atoms with Crippen LogP contribution in [-0.2, 0) is 13.0 Å². The van der Waals surface area contributed by atoms with Crippen LogP contribution in [0.2, 0.25) is 0 Å². The van der Waals surface area contributed by atoms with Crippen LogP contribution < -0.4 is 11.1 Å². The van der Waals surface area contributed by atoms with Crippen molar-refractivity contribution < 1.29 is 5.11 Å². The first kappa shape index (κ1) is 16.6. The van der Waals surface area contributed by atoms with Crippen LogP contribution in [0.1, 0.15) is 23.6 Å². The molecule has 10 nitrogen and oxygen atoms in total. The summed E-state index contributed by atoms with van der Waals surface area (Å²) in [6, 6.07) is 6.05. The molecule has 5 rings (SSSR count). The number of fused-ring (bicyclic) bond motifs is 2. The van der Waals surface area contributed by atoms with E-state index in [1.54, 1.807) is 23.3 Å². The van der Waals surface area contributed by atoms with Crippen molar-refractivity contribution in [3.63, 3.8) is 0 Å². The van der Waals surface area contributed by atoms with Crippen LogP contribution in [0.15, 0.2) is 36.8 Å². The maximum absolute atomic E-state index is 9.00. The van der Waals surface area contributed by atoms with Gasteiger partial charge in [-0.25, -0.2) is 9.67 Å². The van der Waals surface area contributed by atoms with Gasteiger partial charge in [0.25, 0.3) is 0 Å². The van der Waals surface area contributed by atoms with Crippen LogP contribution in [0, 0.1) is 0 Å². The number of nitrogen functional groups attached to an aromatic ring is 1. The zero-order chi connectivity index (χ0) is 19.1. The van der Waals surface area contributed by atoms with Crippen LogP contribution >= 0.6 is 0 Å². The highest BCUT2D eigenvalue weighted by Crippen LogP contribution is 2.37. The number of rotatable bonds is 5. The number of aliphatic hydroxyl groups excluding tert-OH is 1. The molecule has 0 unspecified atom stereocenters. The Morgan fingerprint density at radius 2 is 2.21 bits per heavy atom. The molecular weight excluding hydrogens is 358 g/mol.